The number of para-hydroxylation sites is 1. The first-order chi connectivity index (χ1) is 16.5. The molecule has 1 N–H and O–H groups in total. The number of carbonyl (C=O) groups is 1. The molecule has 0 aliphatic carbocycles. The fourth-order valence-electron chi connectivity index (χ4n) is 3.66. The van der Waals surface area contributed by atoms with Crippen molar-refractivity contribution in [2.75, 3.05) is 11.1 Å². The van der Waals surface area contributed by atoms with Crippen LogP contribution >= 0.6 is 11.8 Å². The molecule has 3 aromatic heterocycles. The van der Waals surface area contributed by atoms with E-state index in [2.05, 4.69) is 25.5 Å². The number of thioether (sulfide) groups is 1. The molecule has 10 heteroatoms. The largest absolute Gasteiger partial charge is 0.322 e. The standard InChI is InChI=1S/C24H20FN7OS/c1-15-22(16(2)31(30-15)18-6-4-3-5-7-18)29-21(33)13-34-24-20-12-28-32(23(20)26-14-27-24)19-10-8-17(25)9-11-19/h3-12,14H,13H2,1-2H3,(H,29,33). The van der Waals surface area contributed by atoms with E-state index in [0.717, 1.165) is 17.1 Å². The summed E-state index contributed by atoms with van der Waals surface area (Å²) in [5.74, 6) is -0.332. The van der Waals surface area contributed by atoms with Gasteiger partial charge in [0, 0.05) is 0 Å². The Kier molecular flexibility index (Phi) is 5.81. The minimum absolute atomic E-state index is 0.156. The molecule has 3 heterocycles. The fourth-order valence-corrected chi connectivity index (χ4v) is 4.42. The van der Waals surface area contributed by atoms with E-state index >= 15 is 0 Å². The van der Waals surface area contributed by atoms with Crippen LogP contribution in [0.25, 0.3) is 22.4 Å². The molecule has 8 nitrogen and oxygen atoms in total. The van der Waals surface area contributed by atoms with Gasteiger partial charge < -0.3 is 5.32 Å². The number of nitrogens with zero attached hydrogens (tertiary/aromatic N) is 6. The first kappa shape index (κ1) is 21.8. The van der Waals surface area contributed by atoms with Crippen molar-refractivity contribution in [1.29, 1.82) is 0 Å². The van der Waals surface area contributed by atoms with Crippen molar-refractivity contribution >= 4 is 34.4 Å². The zero-order valence-corrected chi connectivity index (χ0v) is 19.3. The van der Waals surface area contributed by atoms with Gasteiger partial charge in [0.25, 0.3) is 0 Å². The lowest BCUT2D eigenvalue weighted by Gasteiger charge is -2.07. The van der Waals surface area contributed by atoms with Crippen molar-refractivity contribution in [2.45, 2.75) is 18.9 Å². The quantitative estimate of drug-likeness (QED) is 0.289. The average molecular weight is 474 g/mol. The summed E-state index contributed by atoms with van der Waals surface area (Å²) < 4.78 is 16.7. The van der Waals surface area contributed by atoms with Crippen molar-refractivity contribution in [2.24, 2.45) is 0 Å². The van der Waals surface area contributed by atoms with Crippen LogP contribution in [0.15, 0.2) is 72.1 Å². The summed E-state index contributed by atoms with van der Waals surface area (Å²) in [6.07, 6.45) is 3.08. The van der Waals surface area contributed by atoms with Gasteiger partial charge in [-0.05, 0) is 50.2 Å². The molecule has 0 aliphatic rings. The number of anilines is 1. The highest BCUT2D eigenvalue weighted by Crippen LogP contribution is 2.27. The molecule has 1 amide bonds. The Morgan fingerprint density at radius 1 is 1.00 bits per heavy atom. The zero-order valence-electron chi connectivity index (χ0n) is 18.4. The predicted molar refractivity (Wildman–Crippen MR) is 129 cm³/mol. The Hall–Kier alpha value is -4.05. The van der Waals surface area contributed by atoms with Crippen LogP contribution in [0, 0.1) is 19.7 Å². The van der Waals surface area contributed by atoms with Crippen molar-refractivity contribution < 1.29 is 9.18 Å². The van der Waals surface area contributed by atoms with E-state index in [1.807, 2.05) is 48.9 Å². The van der Waals surface area contributed by atoms with Crippen LogP contribution in [-0.4, -0.2) is 41.2 Å². The zero-order chi connectivity index (χ0) is 23.7. The lowest BCUT2D eigenvalue weighted by Crippen LogP contribution is -2.15. The van der Waals surface area contributed by atoms with Gasteiger partial charge in [-0.3, -0.25) is 4.79 Å². The fraction of sp³-hybridized carbons (Fsp3) is 0.125. The Labute approximate surface area is 198 Å². The monoisotopic (exact) mass is 473 g/mol. The molecule has 5 aromatic rings. The van der Waals surface area contributed by atoms with Crippen LogP contribution in [0.5, 0.6) is 0 Å². The minimum atomic E-state index is -0.322. The SMILES string of the molecule is Cc1nn(-c2ccccc2)c(C)c1NC(=O)CSc1ncnc2c1cnn2-c1ccc(F)cc1. The highest BCUT2D eigenvalue weighted by atomic mass is 32.2. The number of hydrogen-bond donors (Lipinski definition) is 1. The Morgan fingerprint density at radius 2 is 1.74 bits per heavy atom. The summed E-state index contributed by atoms with van der Waals surface area (Å²) in [6.45, 7) is 3.79. The second-order valence-corrected chi connectivity index (χ2v) is 8.54. The number of amides is 1. The summed E-state index contributed by atoms with van der Waals surface area (Å²) in [5, 5.41) is 13.3. The van der Waals surface area contributed by atoms with Crippen LogP contribution in [0.1, 0.15) is 11.4 Å². The van der Waals surface area contributed by atoms with Crippen molar-refractivity contribution in [3.8, 4) is 11.4 Å². The molecule has 5 rings (SSSR count). The summed E-state index contributed by atoms with van der Waals surface area (Å²) >= 11 is 1.30. The normalized spacial score (nSPS) is 11.1. The molecule has 0 saturated carbocycles. The predicted octanol–water partition coefficient (Wildman–Crippen LogP) is 4.49. The maximum absolute atomic E-state index is 13.3. The summed E-state index contributed by atoms with van der Waals surface area (Å²) in [6, 6.07) is 15.8. The van der Waals surface area contributed by atoms with E-state index in [1.54, 1.807) is 23.0 Å². The van der Waals surface area contributed by atoms with Crippen molar-refractivity contribution in [3.05, 3.63) is 84.3 Å². The summed E-state index contributed by atoms with van der Waals surface area (Å²) in [5.41, 5.74) is 4.49. The van der Waals surface area contributed by atoms with Gasteiger partial charge in [0.2, 0.25) is 5.91 Å². The molecular formula is C24H20FN7OS. The number of aryl methyl sites for hydroxylation is 1. The second kappa shape index (κ2) is 9.06. The molecule has 0 atom stereocenters. The molecule has 0 fully saturated rings. The number of fused-ring (bicyclic) bond motifs is 1. The van der Waals surface area contributed by atoms with E-state index in [4.69, 9.17) is 0 Å². The molecule has 34 heavy (non-hydrogen) atoms. The number of hydrogen-bond acceptors (Lipinski definition) is 6. The van der Waals surface area contributed by atoms with Crippen LogP contribution in [0.3, 0.4) is 0 Å². The van der Waals surface area contributed by atoms with Gasteiger partial charge in [0.1, 0.15) is 17.2 Å². The van der Waals surface area contributed by atoms with E-state index in [0.29, 0.717) is 27.4 Å². The third-order valence-corrected chi connectivity index (χ3v) is 6.30. The van der Waals surface area contributed by atoms with Crippen molar-refractivity contribution in [1.82, 2.24) is 29.5 Å². The Balaban J connectivity index is 1.32. The average Bonchev–Trinajstić information content (AvgIpc) is 3.41. The molecule has 0 radical (unpaired) electrons. The number of halogens is 1. The maximum atomic E-state index is 13.3. The van der Waals surface area contributed by atoms with Gasteiger partial charge in [-0.15, -0.1) is 0 Å². The van der Waals surface area contributed by atoms with Crippen molar-refractivity contribution in [3.63, 3.8) is 0 Å². The molecule has 0 bridgehead atoms. The molecule has 2 aromatic carbocycles. The van der Waals surface area contributed by atoms with Crippen LogP contribution in [0.4, 0.5) is 10.1 Å². The highest BCUT2D eigenvalue weighted by molar-refractivity contribution is 8.00. The van der Waals surface area contributed by atoms with Crippen LogP contribution in [0.2, 0.25) is 0 Å². The molecule has 0 spiro atoms. The van der Waals surface area contributed by atoms with Crippen LogP contribution in [-0.2, 0) is 4.79 Å². The Morgan fingerprint density at radius 3 is 2.50 bits per heavy atom. The van der Waals surface area contributed by atoms with Gasteiger partial charge >= 0.3 is 0 Å². The minimum Gasteiger partial charge on any atom is -0.322 e. The summed E-state index contributed by atoms with van der Waals surface area (Å²) in [7, 11) is 0. The van der Waals surface area contributed by atoms with E-state index < -0.39 is 0 Å². The lowest BCUT2D eigenvalue weighted by molar-refractivity contribution is -0.113. The van der Waals surface area contributed by atoms with Gasteiger partial charge in [-0.25, -0.2) is 23.7 Å². The molecule has 170 valence electrons. The number of rotatable bonds is 6. The van der Waals surface area contributed by atoms with E-state index in [-0.39, 0.29) is 17.5 Å². The molecular weight excluding hydrogens is 453 g/mol. The maximum Gasteiger partial charge on any atom is 0.234 e. The smallest absolute Gasteiger partial charge is 0.234 e. The first-order valence-electron chi connectivity index (χ1n) is 10.5. The highest BCUT2D eigenvalue weighted by Gasteiger charge is 2.17. The number of aromatic nitrogens is 6. The molecule has 0 saturated heterocycles. The number of benzene rings is 2. The Bertz CT molecular complexity index is 1480. The van der Waals surface area contributed by atoms with E-state index in [1.165, 1.54) is 30.2 Å². The van der Waals surface area contributed by atoms with E-state index in [9.17, 15) is 9.18 Å². The van der Waals surface area contributed by atoms with Crippen LogP contribution < -0.4 is 5.32 Å². The van der Waals surface area contributed by atoms with Gasteiger partial charge in [0.15, 0.2) is 5.65 Å². The first-order valence-corrected chi connectivity index (χ1v) is 11.5. The third kappa shape index (κ3) is 4.15. The topological polar surface area (TPSA) is 90.5 Å². The number of carbonyl (C=O) groups excluding carboxylic acids is 1. The number of nitrogens with one attached hydrogen (secondary N) is 1. The van der Waals surface area contributed by atoms with Gasteiger partial charge in [-0.2, -0.15) is 10.2 Å². The lowest BCUT2D eigenvalue weighted by atomic mass is 10.3. The third-order valence-electron chi connectivity index (χ3n) is 5.30. The molecule has 0 unspecified atom stereocenters. The summed E-state index contributed by atoms with van der Waals surface area (Å²) in [4.78, 5) is 21.4. The van der Waals surface area contributed by atoms with Gasteiger partial charge in [0.05, 0.1) is 45.8 Å². The molecule has 0 aliphatic heterocycles. The second-order valence-electron chi connectivity index (χ2n) is 7.58. The van der Waals surface area contributed by atoms with Gasteiger partial charge in [-0.1, -0.05) is 30.0 Å².